The lowest BCUT2D eigenvalue weighted by Gasteiger charge is -2.33. The fourth-order valence-corrected chi connectivity index (χ4v) is 3.82. The molecule has 0 amide bonds. The highest BCUT2D eigenvalue weighted by Gasteiger charge is 2.35. The Balaban J connectivity index is 2.72. The zero-order chi connectivity index (χ0) is 23.6. The first-order chi connectivity index (χ1) is 14.2. The van der Waals surface area contributed by atoms with Crippen LogP contribution in [0.25, 0.3) is 0 Å². The number of carbonyl (C=O) groups is 1. The summed E-state index contributed by atoms with van der Waals surface area (Å²) >= 11 is 0. The zero-order valence-electron chi connectivity index (χ0n) is 19.9. The molecule has 0 spiro atoms. The second-order valence-corrected chi connectivity index (χ2v) is 10.4. The molecule has 2 rings (SSSR count). The maximum atomic E-state index is 12.7. The predicted molar refractivity (Wildman–Crippen MR) is 126 cm³/mol. The van der Waals surface area contributed by atoms with Crippen LogP contribution in [0.15, 0.2) is 49.1 Å². The average molecular weight is 425 g/mol. The third kappa shape index (κ3) is 5.49. The van der Waals surface area contributed by atoms with Gasteiger partial charge in [0.05, 0.1) is 6.42 Å². The van der Waals surface area contributed by atoms with Crippen molar-refractivity contribution in [2.75, 3.05) is 6.61 Å². The zero-order valence-corrected chi connectivity index (χ0v) is 19.9. The molecule has 0 radical (unpaired) electrons. The number of phenols is 2. The van der Waals surface area contributed by atoms with Crippen molar-refractivity contribution in [3.8, 4) is 11.5 Å². The Kier molecular flexibility index (Phi) is 6.94. The summed E-state index contributed by atoms with van der Waals surface area (Å²) in [5.41, 5.74) is 2.16. The van der Waals surface area contributed by atoms with Crippen LogP contribution in [0.1, 0.15) is 77.1 Å². The van der Waals surface area contributed by atoms with Crippen molar-refractivity contribution in [3.05, 3.63) is 71.3 Å². The first-order valence-electron chi connectivity index (χ1n) is 10.6. The number of hydrogen-bond acceptors (Lipinski definition) is 4. The topological polar surface area (TPSA) is 66.8 Å². The summed E-state index contributed by atoms with van der Waals surface area (Å²) < 4.78 is 5.32. The molecule has 0 aromatic heterocycles. The molecule has 0 bridgehead atoms. The molecule has 4 heteroatoms. The van der Waals surface area contributed by atoms with E-state index in [-0.39, 0.29) is 41.3 Å². The van der Waals surface area contributed by atoms with Crippen LogP contribution in [0.5, 0.6) is 11.5 Å². The maximum Gasteiger partial charge on any atom is 0.307 e. The summed E-state index contributed by atoms with van der Waals surface area (Å²) in [6.07, 6.45) is 1.66. The van der Waals surface area contributed by atoms with Crippen LogP contribution in [0, 0.1) is 0 Å². The number of phenolic OH excluding ortho intramolecular Hbond substituents is 2. The number of ether oxygens (including phenoxy) is 1. The standard InChI is InChI=1S/C27H36O4/c1-9-14-31-24(30)17-27(8,18-10-12-22(28)20(15-18)25(2,3)4)19-11-13-23(29)21(16-19)26(5,6)7/h9-13,15-16,28-29H,1,14,17H2,2-8H3. The molecule has 2 N–H and O–H groups in total. The van der Waals surface area contributed by atoms with Crippen molar-refractivity contribution in [1.82, 2.24) is 0 Å². The molecule has 31 heavy (non-hydrogen) atoms. The van der Waals surface area contributed by atoms with Crippen LogP contribution in [-0.2, 0) is 25.8 Å². The first kappa shape index (κ1) is 24.5. The van der Waals surface area contributed by atoms with Crippen LogP contribution in [-0.4, -0.2) is 22.8 Å². The number of benzene rings is 2. The van der Waals surface area contributed by atoms with Gasteiger partial charge in [-0.25, -0.2) is 0 Å². The quantitative estimate of drug-likeness (QED) is 0.433. The van der Waals surface area contributed by atoms with Crippen molar-refractivity contribution in [2.24, 2.45) is 0 Å². The lowest BCUT2D eigenvalue weighted by atomic mass is 9.70. The number of hydrogen-bond donors (Lipinski definition) is 2. The Hall–Kier alpha value is -2.75. The first-order valence-corrected chi connectivity index (χ1v) is 10.6. The lowest BCUT2D eigenvalue weighted by Crippen LogP contribution is -2.29. The summed E-state index contributed by atoms with van der Waals surface area (Å²) in [4.78, 5) is 12.7. The Bertz CT molecular complexity index is 895. The van der Waals surface area contributed by atoms with E-state index in [0.717, 1.165) is 22.3 Å². The molecular formula is C27H36O4. The molecule has 0 heterocycles. The maximum absolute atomic E-state index is 12.7. The van der Waals surface area contributed by atoms with Gasteiger partial charge in [0.2, 0.25) is 0 Å². The molecule has 0 aliphatic rings. The van der Waals surface area contributed by atoms with Crippen LogP contribution >= 0.6 is 0 Å². The van der Waals surface area contributed by atoms with Crippen molar-refractivity contribution >= 4 is 5.97 Å². The van der Waals surface area contributed by atoms with Crippen LogP contribution in [0.2, 0.25) is 0 Å². The predicted octanol–water partition coefficient (Wildman–Crippen LogP) is 6.12. The van der Waals surface area contributed by atoms with E-state index in [1.807, 2.05) is 72.7 Å². The minimum absolute atomic E-state index is 0.115. The summed E-state index contributed by atoms with van der Waals surface area (Å²) in [7, 11) is 0. The van der Waals surface area contributed by atoms with E-state index in [1.54, 1.807) is 18.2 Å². The van der Waals surface area contributed by atoms with E-state index in [2.05, 4.69) is 6.58 Å². The van der Waals surface area contributed by atoms with Crippen molar-refractivity contribution in [3.63, 3.8) is 0 Å². The number of carbonyl (C=O) groups excluding carboxylic acids is 1. The molecule has 0 fully saturated rings. The summed E-state index contributed by atoms with van der Waals surface area (Å²) in [6, 6.07) is 11.0. The van der Waals surface area contributed by atoms with E-state index >= 15 is 0 Å². The molecule has 2 aromatic carbocycles. The highest BCUT2D eigenvalue weighted by Crippen LogP contribution is 2.42. The Morgan fingerprint density at radius 3 is 1.65 bits per heavy atom. The fraction of sp³-hybridized carbons (Fsp3) is 0.444. The van der Waals surface area contributed by atoms with Crippen LogP contribution in [0.4, 0.5) is 0 Å². The van der Waals surface area contributed by atoms with Gasteiger partial charge in [0, 0.05) is 5.41 Å². The molecule has 0 aliphatic heterocycles. The van der Waals surface area contributed by atoms with Crippen molar-refractivity contribution in [1.29, 1.82) is 0 Å². The van der Waals surface area contributed by atoms with Crippen molar-refractivity contribution < 1.29 is 19.7 Å². The average Bonchev–Trinajstić information content (AvgIpc) is 2.64. The van der Waals surface area contributed by atoms with Gasteiger partial charge < -0.3 is 14.9 Å². The molecule has 4 nitrogen and oxygen atoms in total. The molecule has 0 atom stereocenters. The largest absolute Gasteiger partial charge is 0.508 e. The van der Waals surface area contributed by atoms with Crippen LogP contribution in [0.3, 0.4) is 0 Å². The fourth-order valence-electron chi connectivity index (χ4n) is 3.82. The Morgan fingerprint density at radius 1 is 0.871 bits per heavy atom. The molecule has 2 aromatic rings. The highest BCUT2D eigenvalue weighted by atomic mass is 16.5. The van der Waals surface area contributed by atoms with Gasteiger partial charge in [0.25, 0.3) is 0 Å². The number of aromatic hydroxyl groups is 2. The normalized spacial score (nSPS) is 12.5. The summed E-state index contributed by atoms with van der Waals surface area (Å²) in [6.45, 7) is 18.0. The molecule has 0 aliphatic carbocycles. The molecule has 0 saturated carbocycles. The van der Waals surface area contributed by atoms with Gasteiger partial charge in [-0.1, -0.05) is 85.4 Å². The van der Waals surface area contributed by atoms with Crippen molar-refractivity contribution in [2.45, 2.75) is 71.1 Å². The number of esters is 1. The molecular weight excluding hydrogens is 388 g/mol. The van der Waals surface area contributed by atoms with E-state index in [9.17, 15) is 15.0 Å². The third-order valence-corrected chi connectivity index (χ3v) is 5.74. The SMILES string of the molecule is C=CCOC(=O)CC(C)(c1ccc(O)c(C(C)(C)C)c1)c1ccc(O)c(C(C)(C)C)c1. The molecule has 0 saturated heterocycles. The minimum atomic E-state index is -0.723. The second-order valence-electron chi connectivity index (χ2n) is 10.4. The Morgan fingerprint density at radius 2 is 1.29 bits per heavy atom. The number of rotatable bonds is 6. The van der Waals surface area contributed by atoms with Crippen LogP contribution < -0.4 is 0 Å². The monoisotopic (exact) mass is 424 g/mol. The van der Waals surface area contributed by atoms with Gasteiger partial charge in [0.1, 0.15) is 18.1 Å². The molecule has 0 unspecified atom stereocenters. The second kappa shape index (κ2) is 8.78. The smallest absolute Gasteiger partial charge is 0.307 e. The van der Waals surface area contributed by atoms with Gasteiger partial charge in [-0.15, -0.1) is 0 Å². The summed E-state index contributed by atoms with van der Waals surface area (Å²) in [5, 5.41) is 20.9. The van der Waals surface area contributed by atoms with Gasteiger partial charge in [0.15, 0.2) is 0 Å². The van der Waals surface area contributed by atoms with E-state index in [0.29, 0.717) is 0 Å². The van der Waals surface area contributed by atoms with Gasteiger partial charge in [-0.3, -0.25) is 4.79 Å². The van der Waals surface area contributed by atoms with E-state index in [1.165, 1.54) is 0 Å². The van der Waals surface area contributed by atoms with Gasteiger partial charge in [-0.2, -0.15) is 0 Å². The lowest BCUT2D eigenvalue weighted by molar-refractivity contribution is -0.143. The molecule has 168 valence electrons. The highest BCUT2D eigenvalue weighted by molar-refractivity contribution is 5.73. The third-order valence-electron chi connectivity index (χ3n) is 5.74. The Labute approximate surface area is 186 Å². The minimum Gasteiger partial charge on any atom is -0.508 e. The van der Waals surface area contributed by atoms with Gasteiger partial charge in [-0.05, 0) is 45.2 Å². The van der Waals surface area contributed by atoms with E-state index in [4.69, 9.17) is 4.74 Å². The van der Waals surface area contributed by atoms with E-state index < -0.39 is 5.41 Å². The summed E-state index contributed by atoms with van der Waals surface area (Å²) in [5.74, 6) is 0.126. The van der Waals surface area contributed by atoms with Gasteiger partial charge >= 0.3 is 5.97 Å².